The first-order chi connectivity index (χ1) is 7.72. The fourth-order valence-electron chi connectivity index (χ4n) is 1.41. The number of thiazole rings is 1. The summed E-state index contributed by atoms with van der Waals surface area (Å²) < 4.78 is 0. The van der Waals surface area contributed by atoms with Crippen LogP contribution >= 0.6 is 11.3 Å². The summed E-state index contributed by atoms with van der Waals surface area (Å²) in [5.41, 5.74) is 6.24. The minimum atomic E-state index is 0.0294. The van der Waals surface area contributed by atoms with Crippen LogP contribution in [0.5, 0.6) is 0 Å². The van der Waals surface area contributed by atoms with E-state index in [-0.39, 0.29) is 5.91 Å². The van der Waals surface area contributed by atoms with Crippen molar-refractivity contribution in [3.8, 4) is 0 Å². The largest absolute Gasteiger partial charge is 0.375 e. The second-order valence-corrected chi connectivity index (χ2v) is 4.65. The van der Waals surface area contributed by atoms with Crippen molar-refractivity contribution in [3.63, 3.8) is 0 Å². The number of unbranched alkanes of at least 4 members (excludes halogenated alkanes) is 3. The molecule has 1 heterocycles. The van der Waals surface area contributed by atoms with Crippen molar-refractivity contribution >= 4 is 22.4 Å². The number of aromatic nitrogens is 1. The summed E-state index contributed by atoms with van der Waals surface area (Å²) in [5, 5.41) is 5.23. The van der Waals surface area contributed by atoms with Gasteiger partial charge in [0.25, 0.3) is 0 Å². The number of nitrogen functional groups attached to an aromatic ring is 1. The topological polar surface area (TPSA) is 68.0 Å². The zero-order chi connectivity index (χ0) is 11.8. The Balaban J connectivity index is 2.11. The molecule has 0 bridgehead atoms. The lowest BCUT2D eigenvalue weighted by Gasteiger charge is -2.03. The van der Waals surface area contributed by atoms with Crippen LogP contribution in [0.2, 0.25) is 0 Å². The average molecular weight is 241 g/mol. The molecule has 0 fully saturated rings. The van der Waals surface area contributed by atoms with E-state index in [4.69, 9.17) is 5.73 Å². The van der Waals surface area contributed by atoms with Crippen molar-refractivity contribution < 1.29 is 4.79 Å². The van der Waals surface area contributed by atoms with Gasteiger partial charge in [-0.15, -0.1) is 11.3 Å². The van der Waals surface area contributed by atoms with Gasteiger partial charge in [0.05, 0.1) is 12.1 Å². The molecule has 0 spiro atoms. The molecule has 0 saturated heterocycles. The molecule has 16 heavy (non-hydrogen) atoms. The minimum absolute atomic E-state index is 0.0294. The number of amides is 1. The first kappa shape index (κ1) is 13.0. The van der Waals surface area contributed by atoms with Gasteiger partial charge in [0.15, 0.2) is 5.13 Å². The van der Waals surface area contributed by atoms with Crippen molar-refractivity contribution in [2.75, 3.05) is 12.3 Å². The Morgan fingerprint density at radius 1 is 1.50 bits per heavy atom. The van der Waals surface area contributed by atoms with Crippen LogP contribution in [-0.4, -0.2) is 17.4 Å². The molecular weight excluding hydrogens is 222 g/mol. The van der Waals surface area contributed by atoms with Crippen LogP contribution in [0.1, 0.15) is 38.3 Å². The van der Waals surface area contributed by atoms with Crippen LogP contribution in [0.15, 0.2) is 5.38 Å². The Morgan fingerprint density at radius 2 is 2.31 bits per heavy atom. The third kappa shape index (κ3) is 5.11. The van der Waals surface area contributed by atoms with Gasteiger partial charge in [0, 0.05) is 11.9 Å². The van der Waals surface area contributed by atoms with E-state index in [2.05, 4.69) is 17.2 Å². The van der Waals surface area contributed by atoms with E-state index in [1.807, 2.05) is 5.38 Å². The molecule has 0 saturated carbocycles. The molecule has 1 rings (SSSR count). The zero-order valence-corrected chi connectivity index (χ0v) is 10.5. The molecule has 3 N–H and O–H groups in total. The monoisotopic (exact) mass is 241 g/mol. The average Bonchev–Trinajstić information content (AvgIpc) is 2.63. The molecule has 0 unspecified atom stereocenters. The fraction of sp³-hybridized carbons (Fsp3) is 0.636. The summed E-state index contributed by atoms with van der Waals surface area (Å²) in [5.74, 6) is 0.0294. The number of hydrogen-bond donors (Lipinski definition) is 2. The highest BCUT2D eigenvalue weighted by Gasteiger charge is 2.05. The van der Waals surface area contributed by atoms with Crippen LogP contribution in [0, 0.1) is 0 Å². The van der Waals surface area contributed by atoms with Gasteiger partial charge in [-0.3, -0.25) is 4.79 Å². The Morgan fingerprint density at radius 3 is 2.94 bits per heavy atom. The summed E-state index contributed by atoms with van der Waals surface area (Å²) in [7, 11) is 0. The van der Waals surface area contributed by atoms with Crippen LogP contribution in [0.4, 0.5) is 5.13 Å². The van der Waals surface area contributed by atoms with Crippen LogP contribution in [0.25, 0.3) is 0 Å². The third-order valence-corrected chi connectivity index (χ3v) is 2.99. The second kappa shape index (κ2) is 7.22. The number of nitrogens with zero attached hydrogens (tertiary/aromatic N) is 1. The summed E-state index contributed by atoms with van der Waals surface area (Å²) >= 11 is 1.37. The molecule has 0 aliphatic carbocycles. The highest BCUT2D eigenvalue weighted by atomic mass is 32.1. The molecule has 0 aromatic carbocycles. The van der Waals surface area contributed by atoms with E-state index >= 15 is 0 Å². The van der Waals surface area contributed by atoms with E-state index in [1.165, 1.54) is 30.6 Å². The maximum absolute atomic E-state index is 11.5. The lowest BCUT2D eigenvalue weighted by atomic mass is 10.2. The maximum Gasteiger partial charge on any atom is 0.226 e. The zero-order valence-electron chi connectivity index (χ0n) is 9.66. The number of anilines is 1. The van der Waals surface area contributed by atoms with Crippen LogP contribution < -0.4 is 11.1 Å². The summed E-state index contributed by atoms with van der Waals surface area (Å²) in [4.78, 5) is 15.5. The second-order valence-electron chi connectivity index (χ2n) is 3.76. The molecule has 4 nitrogen and oxygen atoms in total. The Kier molecular flexibility index (Phi) is 5.85. The summed E-state index contributed by atoms with van der Waals surface area (Å²) in [6.07, 6.45) is 5.02. The normalized spacial score (nSPS) is 10.3. The van der Waals surface area contributed by atoms with Crippen molar-refractivity contribution in [2.45, 2.75) is 39.0 Å². The molecule has 0 aliphatic rings. The highest BCUT2D eigenvalue weighted by molar-refractivity contribution is 7.13. The number of nitrogens with two attached hydrogens (primary N) is 1. The minimum Gasteiger partial charge on any atom is -0.375 e. The van der Waals surface area contributed by atoms with Gasteiger partial charge in [-0.1, -0.05) is 26.2 Å². The van der Waals surface area contributed by atoms with E-state index < -0.39 is 0 Å². The first-order valence-corrected chi connectivity index (χ1v) is 6.57. The van der Waals surface area contributed by atoms with Gasteiger partial charge < -0.3 is 11.1 Å². The molecule has 90 valence electrons. The van der Waals surface area contributed by atoms with Gasteiger partial charge in [-0.05, 0) is 6.42 Å². The molecule has 1 amide bonds. The lowest BCUT2D eigenvalue weighted by molar-refractivity contribution is -0.120. The van der Waals surface area contributed by atoms with E-state index in [1.54, 1.807) is 0 Å². The van der Waals surface area contributed by atoms with Gasteiger partial charge in [0.2, 0.25) is 5.91 Å². The Labute approximate surface area is 100 Å². The lowest BCUT2D eigenvalue weighted by Crippen LogP contribution is -2.26. The predicted molar refractivity (Wildman–Crippen MR) is 67.4 cm³/mol. The van der Waals surface area contributed by atoms with Crippen molar-refractivity contribution in [1.29, 1.82) is 0 Å². The van der Waals surface area contributed by atoms with E-state index in [0.29, 0.717) is 11.6 Å². The van der Waals surface area contributed by atoms with Crippen molar-refractivity contribution in [1.82, 2.24) is 10.3 Å². The van der Waals surface area contributed by atoms with E-state index in [9.17, 15) is 4.79 Å². The standard InChI is InChI=1S/C11H19N3OS/c1-2-3-4-5-6-13-10(15)7-9-8-16-11(12)14-9/h8H,2-7H2,1H3,(H2,12,14)(H,13,15). The van der Waals surface area contributed by atoms with Crippen LogP contribution in [0.3, 0.4) is 0 Å². The summed E-state index contributed by atoms with van der Waals surface area (Å²) in [6.45, 7) is 2.93. The van der Waals surface area contributed by atoms with Gasteiger partial charge >= 0.3 is 0 Å². The van der Waals surface area contributed by atoms with Crippen molar-refractivity contribution in [2.24, 2.45) is 0 Å². The quantitative estimate of drug-likeness (QED) is 0.717. The molecule has 0 atom stereocenters. The number of carbonyl (C=O) groups excluding carboxylic acids is 1. The molecule has 0 aliphatic heterocycles. The number of hydrogen-bond acceptors (Lipinski definition) is 4. The first-order valence-electron chi connectivity index (χ1n) is 5.69. The maximum atomic E-state index is 11.5. The third-order valence-electron chi connectivity index (χ3n) is 2.26. The van der Waals surface area contributed by atoms with E-state index in [0.717, 1.165) is 18.7 Å². The molecular formula is C11H19N3OS. The number of nitrogens with one attached hydrogen (secondary N) is 1. The molecule has 0 radical (unpaired) electrons. The number of carbonyl (C=O) groups is 1. The fourth-order valence-corrected chi connectivity index (χ4v) is 1.97. The van der Waals surface area contributed by atoms with Gasteiger partial charge in [0.1, 0.15) is 0 Å². The molecule has 5 heteroatoms. The smallest absolute Gasteiger partial charge is 0.226 e. The van der Waals surface area contributed by atoms with Crippen LogP contribution in [-0.2, 0) is 11.2 Å². The number of rotatable bonds is 7. The van der Waals surface area contributed by atoms with Gasteiger partial charge in [-0.2, -0.15) is 0 Å². The Hall–Kier alpha value is -1.10. The highest BCUT2D eigenvalue weighted by Crippen LogP contribution is 2.11. The summed E-state index contributed by atoms with van der Waals surface area (Å²) in [6, 6.07) is 0. The molecule has 1 aromatic heterocycles. The predicted octanol–water partition coefficient (Wildman–Crippen LogP) is 1.96. The SMILES string of the molecule is CCCCCCNC(=O)Cc1csc(N)n1. The van der Waals surface area contributed by atoms with Crippen molar-refractivity contribution in [3.05, 3.63) is 11.1 Å². The Bertz CT molecular complexity index is 325. The van der Waals surface area contributed by atoms with Gasteiger partial charge in [-0.25, -0.2) is 4.98 Å². The molecule has 1 aromatic rings.